The fourth-order valence-corrected chi connectivity index (χ4v) is 5.91. The van der Waals surface area contributed by atoms with E-state index in [-0.39, 0.29) is 5.56 Å². The van der Waals surface area contributed by atoms with Crippen molar-refractivity contribution in [2.75, 3.05) is 12.9 Å². The molecule has 0 saturated carbocycles. The molecule has 0 saturated heterocycles. The van der Waals surface area contributed by atoms with Gasteiger partial charge in [0.25, 0.3) is 5.56 Å². The zero-order valence-corrected chi connectivity index (χ0v) is 17.6. The Morgan fingerprint density at radius 1 is 1.33 bits per heavy atom. The van der Waals surface area contributed by atoms with E-state index in [4.69, 9.17) is 9.72 Å². The first-order valence-corrected chi connectivity index (χ1v) is 11.3. The zero-order chi connectivity index (χ0) is 19.0. The third-order valence-corrected chi connectivity index (χ3v) is 7.36. The van der Waals surface area contributed by atoms with Crippen molar-refractivity contribution in [1.82, 2.24) is 9.55 Å². The number of nitrogens with zero attached hydrogens (tertiary/aromatic N) is 2. The number of aryl methyl sites for hydroxylation is 1. The van der Waals surface area contributed by atoms with Gasteiger partial charge in [0, 0.05) is 10.6 Å². The topological polar surface area (TPSA) is 44.1 Å². The molecule has 0 aliphatic heterocycles. The van der Waals surface area contributed by atoms with Gasteiger partial charge in [-0.2, -0.15) is 0 Å². The van der Waals surface area contributed by atoms with Crippen LogP contribution < -0.4 is 10.3 Å². The average molecular weight is 401 g/mol. The molecule has 4 rings (SSSR count). The molecule has 4 nitrogen and oxygen atoms in total. The van der Waals surface area contributed by atoms with E-state index in [2.05, 4.69) is 13.8 Å². The molecule has 1 aliphatic carbocycles. The second-order valence-corrected chi connectivity index (χ2v) is 9.26. The summed E-state index contributed by atoms with van der Waals surface area (Å²) >= 11 is 3.37. The van der Waals surface area contributed by atoms with E-state index in [9.17, 15) is 4.79 Å². The third kappa shape index (κ3) is 3.41. The highest BCUT2D eigenvalue weighted by atomic mass is 32.2. The van der Waals surface area contributed by atoms with Gasteiger partial charge in [0.1, 0.15) is 10.6 Å². The van der Waals surface area contributed by atoms with Gasteiger partial charge in [0.15, 0.2) is 5.16 Å². The molecule has 2 heterocycles. The lowest BCUT2D eigenvalue weighted by Crippen LogP contribution is -2.22. The molecule has 0 fully saturated rings. The van der Waals surface area contributed by atoms with Gasteiger partial charge in [-0.1, -0.05) is 25.6 Å². The molecule has 1 aliphatic rings. The number of methoxy groups -OCH3 is 1. The van der Waals surface area contributed by atoms with Crippen molar-refractivity contribution in [2.24, 2.45) is 5.92 Å². The molecule has 1 atom stereocenters. The molecule has 142 valence electrons. The van der Waals surface area contributed by atoms with Crippen LogP contribution in [0, 0.1) is 5.92 Å². The molecule has 0 bridgehead atoms. The molecule has 1 aromatic carbocycles. The second kappa shape index (κ2) is 7.68. The van der Waals surface area contributed by atoms with Gasteiger partial charge in [-0.05, 0) is 61.4 Å². The van der Waals surface area contributed by atoms with Crippen LogP contribution in [0.3, 0.4) is 0 Å². The van der Waals surface area contributed by atoms with Crippen molar-refractivity contribution in [3.8, 4) is 11.4 Å². The quantitative estimate of drug-likeness (QED) is 0.442. The van der Waals surface area contributed by atoms with Crippen LogP contribution in [-0.2, 0) is 12.8 Å². The summed E-state index contributed by atoms with van der Waals surface area (Å²) in [5.41, 5.74) is 2.15. The van der Waals surface area contributed by atoms with Crippen molar-refractivity contribution in [3.63, 3.8) is 0 Å². The van der Waals surface area contributed by atoms with E-state index in [1.165, 1.54) is 10.4 Å². The van der Waals surface area contributed by atoms with Crippen molar-refractivity contribution in [1.29, 1.82) is 0 Å². The van der Waals surface area contributed by atoms with Gasteiger partial charge in [0.2, 0.25) is 0 Å². The van der Waals surface area contributed by atoms with E-state index >= 15 is 0 Å². The highest BCUT2D eigenvalue weighted by Crippen LogP contribution is 2.37. The SMILES string of the molecule is CCCSc1nc2sc3c(c2c(=O)n1-c1ccc(OC)cc1)CC[C@@H](C)C3. The Morgan fingerprint density at radius 3 is 2.81 bits per heavy atom. The number of thioether (sulfide) groups is 1. The Kier molecular flexibility index (Phi) is 5.28. The first kappa shape index (κ1) is 18.6. The Morgan fingerprint density at radius 2 is 2.11 bits per heavy atom. The molecule has 0 amide bonds. The van der Waals surface area contributed by atoms with Crippen LogP contribution in [0.5, 0.6) is 5.75 Å². The van der Waals surface area contributed by atoms with Gasteiger partial charge in [-0.15, -0.1) is 11.3 Å². The highest BCUT2D eigenvalue weighted by Gasteiger charge is 2.25. The average Bonchev–Trinajstić information content (AvgIpc) is 3.04. The minimum absolute atomic E-state index is 0.0656. The highest BCUT2D eigenvalue weighted by molar-refractivity contribution is 7.99. The maximum absolute atomic E-state index is 13.6. The Bertz CT molecular complexity index is 1020. The van der Waals surface area contributed by atoms with Crippen LogP contribution in [0.15, 0.2) is 34.2 Å². The number of hydrogen-bond donors (Lipinski definition) is 0. The van der Waals surface area contributed by atoms with Crippen molar-refractivity contribution >= 4 is 33.3 Å². The number of hydrogen-bond acceptors (Lipinski definition) is 5. The largest absolute Gasteiger partial charge is 0.497 e. The summed E-state index contributed by atoms with van der Waals surface area (Å²) in [5, 5.41) is 1.62. The fourth-order valence-electron chi connectivity index (χ4n) is 3.62. The smallest absolute Gasteiger partial charge is 0.267 e. The van der Waals surface area contributed by atoms with Crippen molar-refractivity contribution < 1.29 is 4.74 Å². The maximum atomic E-state index is 13.6. The Balaban J connectivity index is 1.93. The van der Waals surface area contributed by atoms with Crippen LogP contribution in [0.2, 0.25) is 0 Å². The summed E-state index contributed by atoms with van der Waals surface area (Å²) in [6.45, 7) is 4.44. The standard InChI is InChI=1S/C21H24N2O2S2/c1-4-11-26-21-22-19-18(16-10-5-13(2)12-17(16)27-19)20(24)23(21)14-6-8-15(25-3)9-7-14/h6-9,13H,4-5,10-12H2,1-3H3/t13-/m1/s1. The molecule has 0 unspecified atom stereocenters. The summed E-state index contributed by atoms with van der Waals surface area (Å²) in [4.78, 5) is 20.8. The molecule has 2 aromatic heterocycles. The van der Waals surface area contributed by atoms with Crippen LogP contribution >= 0.6 is 23.1 Å². The van der Waals surface area contributed by atoms with Crippen LogP contribution in [0.1, 0.15) is 37.1 Å². The summed E-state index contributed by atoms with van der Waals surface area (Å²) in [7, 11) is 1.65. The number of fused-ring (bicyclic) bond motifs is 3. The number of ether oxygens (including phenoxy) is 1. The molecule has 0 radical (unpaired) electrons. The van der Waals surface area contributed by atoms with Gasteiger partial charge in [-0.25, -0.2) is 4.98 Å². The maximum Gasteiger partial charge on any atom is 0.267 e. The van der Waals surface area contributed by atoms with Crippen molar-refractivity contribution in [2.45, 2.75) is 44.7 Å². The van der Waals surface area contributed by atoms with Crippen LogP contribution in [0.4, 0.5) is 0 Å². The van der Waals surface area contributed by atoms with Gasteiger partial charge in [-0.3, -0.25) is 9.36 Å². The molecular formula is C21H24N2O2S2. The van der Waals surface area contributed by atoms with Gasteiger partial charge < -0.3 is 4.74 Å². The summed E-state index contributed by atoms with van der Waals surface area (Å²) < 4.78 is 7.05. The summed E-state index contributed by atoms with van der Waals surface area (Å²) in [6.07, 6.45) is 4.24. The summed E-state index contributed by atoms with van der Waals surface area (Å²) in [5.74, 6) is 2.41. The van der Waals surface area contributed by atoms with E-state index in [1.807, 2.05) is 24.3 Å². The van der Waals surface area contributed by atoms with Gasteiger partial charge in [0.05, 0.1) is 18.2 Å². The number of thiophene rings is 1. The van der Waals surface area contributed by atoms with Crippen molar-refractivity contribution in [3.05, 3.63) is 45.1 Å². The lowest BCUT2D eigenvalue weighted by atomic mass is 9.89. The van der Waals surface area contributed by atoms with E-state index in [0.717, 1.165) is 58.2 Å². The van der Waals surface area contributed by atoms with Crippen LogP contribution in [-0.4, -0.2) is 22.4 Å². The van der Waals surface area contributed by atoms with Gasteiger partial charge >= 0.3 is 0 Å². The van der Waals surface area contributed by atoms with E-state index in [0.29, 0.717) is 5.92 Å². The molecular weight excluding hydrogens is 376 g/mol. The monoisotopic (exact) mass is 400 g/mol. The third-order valence-electron chi connectivity index (χ3n) is 5.06. The predicted octanol–water partition coefficient (Wildman–Crippen LogP) is 5.08. The molecule has 6 heteroatoms. The molecule has 27 heavy (non-hydrogen) atoms. The first-order valence-electron chi connectivity index (χ1n) is 9.47. The second-order valence-electron chi connectivity index (χ2n) is 7.11. The lowest BCUT2D eigenvalue weighted by Gasteiger charge is -2.18. The lowest BCUT2D eigenvalue weighted by molar-refractivity contribution is 0.414. The normalized spacial score (nSPS) is 16.5. The Labute approximate surface area is 167 Å². The van der Waals surface area contributed by atoms with E-state index < -0.39 is 0 Å². The zero-order valence-electron chi connectivity index (χ0n) is 15.9. The predicted molar refractivity (Wildman–Crippen MR) is 114 cm³/mol. The molecule has 0 spiro atoms. The number of aromatic nitrogens is 2. The number of rotatable bonds is 5. The first-order chi connectivity index (χ1) is 13.1. The molecule has 0 N–H and O–H groups in total. The minimum Gasteiger partial charge on any atom is -0.497 e. The fraction of sp³-hybridized carbons (Fsp3) is 0.429. The summed E-state index contributed by atoms with van der Waals surface area (Å²) in [6, 6.07) is 7.66. The minimum atomic E-state index is 0.0656. The van der Waals surface area contributed by atoms with E-state index in [1.54, 1.807) is 34.8 Å². The molecule has 3 aromatic rings. The van der Waals surface area contributed by atoms with Crippen LogP contribution in [0.25, 0.3) is 15.9 Å². The number of benzene rings is 1. The Hall–Kier alpha value is -1.79.